The van der Waals surface area contributed by atoms with Gasteiger partial charge < -0.3 is 5.32 Å². The van der Waals surface area contributed by atoms with Crippen LogP contribution in [0, 0.1) is 5.92 Å². The van der Waals surface area contributed by atoms with Gasteiger partial charge in [0.25, 0.3) is 0 Å². The Bertz CT molecular complexity index is 455. The fourth-order valence-corrected chi connectivity index (χ4v) is 4.58. The van der Waals surface area contributed by atoms with E-state index in [9.17, 15) is 0 Å². The number of anilines is 1. The molecule has 2 unspecified atom stereocenters. The van der Waals surface area contributed by atoms with Crippen molar-refractivity contribution in [2.24, 2.45) is 5.92 Å². The summed E-state index contributed by atoms with van der Waals surface area (Å²) in [5.74, 6) is 0.938. The van der Waals surface area contributed by atoms with Crippen molar-refractivity contribution < 1.29 is 0 Å². The lowest BCUT2D eigenvalue weighted by molar-refractivity contribution is 0.371. The molecule has 30 heavy (non-hydrogen) atoms. The highest BCUT2D eigenvalue weighted by Gasteiger charge is 2.11. The molecule has 0 fully saturated rings. The van der Waals surface area contributed by atoms with E-state index < -0.39 is 0 Å². The normalized spacial score (nSPS) is 13.3. The molecule has 1 aromatic rings. The Labute approximate surface area is 189 Å². The van der Waals surface area contributed by atoms with Gasteiger partial charge in [0.1, 0.15) is 0 Å². The zero-order valence-electron chi connectivity index (χ0n) is 20.8. The highest BCUT2D eigenvalue weighted by molar-refractivity contribution is 5.43. The largest absolute Gasteiger partial charge is 0.383 e. The average Bonchev–Trinajstić information content (AvgIpc) is 2.76. The molecule has 0 saturated heterocycles. The van der Waals surface area contributed by atoms with Gasteiger partial charge in [0.15, 0.2) is 0 Å². The number of hydrogen-bond acceptors (Lipinski definition) is 1. The maximum atomic E-state index is 3.67. The van der Waals surface area contributed by atoms with E-state index in [1.165, 1.54) is 121 Å². The maximum Gasteiger partial charge on any atom is 0.0342 e. The van der Waals surface area contributed by atoms with Crippen molar-refractivity contribution in [1.82, 2.24) is 0 Å². The summed E-state index contributed by atoms with van der Waals surface area (Å²) in [7, 11) is 0. The quantitative estimate of drug-likeness (QED) is 0.197. The SMILES string of the molecule is CCCCCCCCCCCCCCC(CCCC)CCC(C)Nc1ccccc1. The maximum absolute atomic E-state index is 3.67. The first-order chi connectivity index (χ1) is 14.8. The lowest BCUT2D eigenvalue weighted by atomic mass is 9.89. The molecule has 1 heteroatoms. The Morgan fingerprint density at radius 2 is 1.07 bits per heavy atom. The van der Waals surface area contributed by atoms with Crippen LogP contribution in [-0.2, 0) is 0 Å². The zero-order valence-corrected chi connectivity index (χ0v) is 20.8. The summed E-state index contributed by atoms with van der Waals surface area (Å²) < 4.78 is 0. The van der Waals surface area contributed by atoms with Crippen LogP contribution in [0.25, 0.3) is 0 Å². The molecule has 0 heterocycles. The Kier molecular flexibility index (Phi) is 18.0. The van der Waals surface area contributed by atoms with Gasteiger partial charge in [-0.3, -0.25) is 0 Å². The molecular formula is C29H53N. The third-order valence-electron chi connectivity index (χ3n) is 6.63. The molecular weight excluding hydrogens is 362 g/mol. The second-order valence-corrected chi connectivity index (χ2v) is 9.67. The molecule has 0 spiro atoms. The fraction of sp³-hybridized carbons (Fsp3) is 0.793. The van der Waals surface area contributed by atoms with Crippen molar-refractivity contribution in [1.29, 1.82) is 0 Å². The molecule has 0 saturated carbocycles. The summed E-state index contributed by atoms with van der Waals surface area (Å²) in [6, 6.07) is 11.2. The summed E-state index contributed by atoms with van der Waals surface area (Å²) >= 11 is 0. The first kappa shape index (κ1) is 27.1. The molecule has 1 aromatic carbocycles. The van der Waals surface area contributed by atoms with Gasteiger partial charge in [0.05, 0.1) is 0 Å². The zero-order chi connectivity index (χ0) is 21.7. The molecule has 2 atom stereocenters. The van der Waals surface area contributed by atoms with Crippen LogP contribution < -0.4 is 5.32 Å². The molecule has 0 aliphatic rings. The van der Waals surface area contributed by atoms with Crippen LogP contribution in [-0.4, -0.2) is 6.04 Å². The topological polar surface area (TPSA) is 12.0 Å². The molecule has 0 amide bonds. The minimum absolute atomic E-state index is 0.568. The van der Waals surface area contributed by atoms with Crippen molar-refractivity contribution in [2.75, 3.05) is 5.32 Å². The number of benzene rings is 1. The van der Waals surface area contributed by atoms with Crippen LogP contribution in [0.2, 0.25) is 0 Å². The molecule has 0 bridgehead atoms. The third-order valence-corrected chi connectivity index (χ3v) is 6.63. The minimum Gasteiger partial charge on any atom is -0.383 e. The molecule has 0 aliphatic carbocycles. The smallest absolute Gasteiger partial charge is 0.0342 e. The number of nitrogens with one attached hydrogen (secondary N) is 1. The highest BCUT2D eigenvalue weighted by Crippen LogP contribution is 2.24. The fourth-order valence-electron chi connectivity index (χ4n) is 4.58. The average molecular weight is 416 g/mol. The molecule has 0 aromatic heterocycles. The lowest BCUT2D eigenvalue weighted by Crippen LogP contribution is -2.16. The predicted octanol–water partition coefficient (Wildman–Crippen LogP) is 10.2. The van der Waals surface area contributed by atoms with Gasteiger partial charge in [-0.2, -0.15) is 0 Å². The number of rotatable bonds is 21. The van der Waals surface area contributed by atoms with Crippen LogP contribution in [0.15, 0.2) is 30.3 Å². The van der Waals surface area contributed by atoms with Gasteiger partial charge in [0, 0.05) is 11.7 Å². The summed E-state index contributed by atoms with van der Waals surface area (Å²) in [5.41, 5.74) is 1.26. The van der Waals surface area contributed by atoms with Crippen LogP contribution >= 0.6 is 0 Å². The monoisotopic (exact) mass is 415 g/mol. The van der Waals surface area contributed by atoms with Gasteiger partial charge in [0.2, 0.25) is 0 Å². The predicted molar refractivity (Wildman–Crippen MR) is 137 cm³/mol. The second kappa shape index (κ2) is 20.0. The van der Waals surface area contributed by atoms with E-state index in [1.54, 1.807) is 0 Å². The summed E-state index contributed by atoms with van der Waals surface area (Å²) in [6.45, 7) is 6.98. The Morgan fingerprint density at radius 1 is 0.567 bits per heavy atom. The van der Waals surface area contributed by atoms with Crippen molar-refractivity contribution in [3.8, 4) is 0 Å². The summed E-state index contributed by atoms with van der Waals surface area (Å²) in [6.07, 6.45) is 25.7. The minimum atomic E-state index is 0.568. The van der Waals surface area contributed by atoms with E-state index in [0.717, 1.165) is 5.92 Å². The second-order valence-electron chi connectivity index (χ2n) is 9.67. The van der Waals surface area contributed by atoms with Gasteiger partial charge in [-0.05, 0) is 37.8 Å². The van der Waals surface area contributed by atoms with E-state index >= 15 is 0 Å². The van der Waals surface area contributed by atoms with Crippen LogP contribution in [0.1, 0.15) is 136 Å². The van der Waals surface area contributed by atoms with Crippen LogP contribution in [0.5, 0.6) is 0 Å². The highest BCUT2D eigenvalue weighted by atomic mass is 14.9. The summed E-state index contributed by atoms with van der Waals surface area (Å²) in [4.78, 5) is 0. The van der Waals surface area contributed by atoms with E-state index in [1.807, 2.05) is 0 Å². The molecule has 174 valence electrons. The van der Waals surface area contributed by atoms with E-state index in [2.05, 4.69) is 56.4 Å². The first-order valence-electron chi connectivity index (χ1n) is 13.6. The van der Waals surface area contributed by atoms with Crippen molar-refractivity contribution in [3.63, 3.8) is 0 Å². The lowest BCUT2D eigenvalue weighted by Gasteiger charge is -2.21. The van der Waals surface area contributed by atoms with Crippen LogP contribution in [0.3, 0.4) is 0 Å². The number of unbranched alkanes of at least 4 members (excludes halogenated alkanes) is 12. The van der Waals surface area contributed by atoms with Crippen molar-refractivity contribution in [2.45, 2.75) is 142 Å². The molecule has 1 nitrogen and oxygen atoms in total. The Balaban J connectivity index is 2.05. The van der Waals surface area contributed by atoms with Gasteiger partial charge in [-0.15, -0.1) is 0 Å². The van der Waals surface area contributed by atoms with Crippen LogP contribution in [0.4, 0.5) is 5.69 Å². The summed E-state index contributed by atoms with van der Waals surface area (Å²) in [5, 5.41) is 3.67. The van der Waals surface area contributed by atoms with Gasteiger partial charge in [-0.25, -0.2) is 0 Å². The Morgan fingerprint density at radius 3 is 1.63 bits per heavy atom. The van der Waals surface area contributed by atoms with E-state index in [-0.39, 0.29) is 0 Å². The standard InChI is InChI=1S/C29H53N/c1-4-6-8-9-10-11-12-13-14-15-16-18-22-28(21-7-5-2)26-25-27(3)30-29-23-19-17-20-24-29/h17,19-20,23-24,27-28,30H,4-16,18,21-22,25-26H2,1-3H3. The number of hydrogen-bond donors (Lipinski definition) is 1. The van der Waals surface area contributed by atoms with Gasteiger partial charge in [-0.1, -0.05) is 135 Å². The first-order valence-corrected chi connectivity index (χ1v) is 13.6. The van der Waals surface area contributed by atoms with E-state index in [4.69, 9.17) is 0 Å². The third kappa shape index (κ3) is 15.8. The number of para-hydroxylation sites is 1. The molecule has 1 N–H and O–H groups in total. The molecule has 1 rings (SSSR count). The van der Waals surface area contributed by atoms with Crippen molar-refractivity contribution >= 4 is 5.69 Å². The van der Waals surface area contributed by atoms with Crippen molar-refractivity contribution in [3.05, 3.63) is 30.3 Å². The Hall–Kier alpha value is -0.980. The van der Waals surface area contributed by atoms with Gasteiger partial charge >= 0.3 is 0 Å². The molecule has 0 aliphatic heterocycles. The van der Waals surface area contributed by atoms with E-state index in [0.29, 0.717) is 6.04 Å². The molecule has 0 radical (unpaired) electrons.